The molecule has 1 fully saturated rings. The molecule has 5 nitrogen and oxygen atoms in total. The van der Waals surface area contributed by atoms with Gasteiger partial charge in [0.1, 0.15) is 0 Å². The van der Waals surface area contributed by atoms with E-state index in [-0.39, 0.29) is 17.9 Å². The normalized spacial score (nSPS) is 24.7. The lowest BCUT2D eigenvalue weighted by atomic mass is 10.2. The van der Waals surface area contributed by atoms with Crippen molar-refractivity contribution in [2.24, 2.45) is 5.73 Å². The lowest BCUT2D eigenvalue weighted by Crippen LogP contribution is -2.53. The van der Waals surface area contributed by atoms with Crippen molar-refractivity contribution in [3.8, 4) is 0 Å². The van der Waals surface area contributed by atoms with Crippen LogP contribution in [0.2, 0.25) is 0 Å². The second kappa shape index (κ2) is 6.67. The summed E-state index contributed by atoms with van der Waals surface area (Å²) in [4.78, 5) is 0. The van der Waals surface area contributed by atoms with Gasteiger partial charge >= 0.3 is 0 Å². The van der Waals surface area contributed by atoms with Gasteiger partial charge in [0.2, 0.25) is 10.0 Å². The smallest absolute Gasteiger partial charge is 0.214 e. The van der Waals surface area contributed by atoms with E-state index in [2.05, 4.69) is 0 Å². The van der Waals surface area contributed by atoms with Gasteiger partial charge in [0.25, 0.3) is 0 Å². The van der Waals surface area contributed by atoms with Crippen LogP contribution >= 0.6 is 0 Å². The van der Waals surface area contributed by atoms with Crippen LogP contribution in [0.1, 0.15) is 12.5 Å². The van der Waals surface area contributed by atoms with Crippen molar-refractivity contribution in [2.45, 2.75) is 25.5 Å². The molecular weight excluding hydrogens is 276 g/mol. The first kappa shape index (κ1) is 15.4. The minimum atomic E-state index is -3.28. The van der Waals surface area contributed by atoms with Crippen molar-refractivity contribution in [3.63, 3.8) is 0 Å². The molecule has 0 radical (unpaired) electrons. The van der Waals surface area contributed by atoms with E-state index >= 15 is 0 Å². The molecular formula is C14H22N2O3S. The molecule has 1 aromatic rings. The van der Waals surface area contributed by atoms with Crippen LogP contribution in [0.5, 0.6) is 0 Å². The first-order valence-corrected chi connectivity index (χ1v) is 8.49. The third-order valence-electron chi connectivity index (χ3n) is 3.56. The third-order valence-corrected chi connectivity index (χ3v) is 5.50. The van der Waals surface area contributed by atoms with Gasteiger partial charge in [-0.2, -0.15) is 4.31 Å². The lowest BCUT2D eigenvalue weighted by molar-refractivity contribution is -0.0219. The molecule has 20 heavy (non-hydrogen) atoms. The maximum absolute atomic E-state index is 12.5. The van der Waals surface area contributed by atoms with Gasteiger partial charge in [0, 0.05) is 19.1 Å². The van der Waals surface area contributed by atoms with Crippen molar-refractivity contribution in [3.05, 3.63) is 35.9 Å². The van der Waals surface area contributed by atoms with Crippen molar-refractivity contribution >= 4 is 10.0 Å². The zero-order valence-electron chi connectivity index (χ0n) is 11.7. The number of ether oxygens (including phenoxy) is 1. The van der Waals surface area contributed by atoms with Gasteiger partial charge in [0.05, 0.1) is 18.5 Å². The van der Waals surface area contributed by atoms with Crippen LogP contribution in [-0.4, -0.2) is 50.3 Å². The second-order valence-electron chi connectivity index (χ2n) is 5.16. The Morgan fingerprint density at radius 2 is 2.05 bits per heavy atom. The van der Waals surface area contributed by atoms with Crippen LogP contribution in [0.25, 0.3) is 0 Å². The van der Waals surface area contributed by atoms with Crippen LogP contribution in [-0.2, 0) is 21.2 Å². The molecule has 2 rings (SSSR count). The summed E-state index contributed by atoms with van der Waals surface area (Å²) >= 11 is 0. The molecule has 0 aliphatic carbocycles. The molecule has 1 heterocycles. The molecule has 0 saturated carbocycles. The molecule has 0 aromatic heterocycles. The van der Waals surface area contributed by atoms with Crippen molar-refractivity contribution in [1.82, 2.24) is 4.31 Å². The standard InChI is InChI=1S/C14H22N2O3S/c1-12-11-19-14(9-15)10-16(12)20(17,18)8-7-13-5-3-2-4-6-13/h2-6,12,14H,7-11,15H2,1H3. The Morgan fingerprint density at radius 3 is 2.70 bits per heavy atom. The maximum atomic E-state index is 12.5. The predicted molar refractivity (Wildman–Crippen MR) is 78.9 cm³/mol. The number of hydrogen-bond acceptors (Lipinski definition) is 4. The van der Waals surface area contributed by atoms with E-state index < -0.39 is 10.0 Å². The number of sulfonamides is 1. The summed E-state index contributed by atoms with van der Waals surface area (Å²) in [6.07, 6.45) is 0.332. The molecule has 2 atom stereocenters. The summed E-state index contributed by atoms with van der Waals surface area (Å²) in [5, 5.41) is 0. The molecule has 0 bridgehead atoms. The van der Waals surface area contributed by atoms with Gasteiger partial charge in [0.15, 0.2) is 0 Å². The van der Waals surface area contributed by atoms with Crippen LogP contribution in [0.3, 0.4) is 0 Å². The summed E-state index contributed by atoms with van der Waals surface area (Å²) < 4.78 is 32.0. The topological polar surface area (TPSA) is 72.6 Å². The Morgan fingerprint density at radius 1 is 1.35 bits per heavy atom. The van der Waals surface area contributed by atoms with Crippen molar-refractivity contribution < 1.29 is 13.2 Å². The van der Waals surface area contributed by atoms with Crippen LogP contribution in [0, 0.1) is 0 Å². The minimum absolute atomic E-state index is 0.124. The number of hydrogen-bond donors (Lipinski definition) is 1. The molecule has 112 valence electrons. The van der Waals surface area contributed by atoms with E-state index in [0.717, 1.165) is 5.56 Å². The SMILES string of the molecule is CC1COC(CN)CN1S(=O)(=O)CCc1ccccc1. The summed E-state index contributed by atoms with van der Waals surface area (Å²) in [7, 11) is -3.28. The summed E-state index contributed by atoms with van der Waals surface area (Å²) in [6, 6.07) is 9.53. The molecule has 1 aromatic carbocycles. The third kappa shape index (κ3) is 3.79. The lowest BCUT2D eigenvalue weighted by Gasteiger charge is -2.36. The molecule has 2 N–H and O–H groups in total. The average Bonchev–Trinajstić information content (AvgIpc) is 2.47. The highest BCUT2D eigenvalue weighted by atomic mass is 32.2. The zero-order chi connectivity index (χ0) is 14.6. The van der Waals surface area contributed by atoms with Gasteiger partial charge in [-0.25, -0.2) is 8.42 Å². The number of aryl methyl sites for hydroxylation is 1. The van der Waals surface area contributed by atoms with Crippen molar-refractivity contribution in [2.75, 3.05) is 25.4 Å². The van der Waals surface area contributed by atoms with Gasteiger partial charge in [-0.15, -0.1) is 0 Å². The molecule has 1 saturated heterocycles. The van der Waals surface area contributed by atoms with Gasteiger partial charge in [-0.1, -0.05) is 30.3 Å². The van der Waals surface area contributed by atoms with Gasteiger partial charge < -0.3 is 10.5 Å². The second-order valence-corrected chi connectivity index (χ2v) is 7.20. The fourth-order valence-corrected chi connectivity index (χ4v) is 4.06. The highest BCUT2D eigenvalue weighted by Gasteiger charge is 2.33. The molecule has 6 heteroatoms. The Balaban J connectivity index is 2.01. The first-order valence-electron chi connectivity index (χ1n) is 6.88. The molecule has 1 aliphatic rings. The Hall–Kier alpha value is -0.950. The molecule has 1 aliphatic heterocycles. The van der Waals surface area contributed by atoms with Gasteiger partial charge in [-0.3, -0.25) is 0 Å². The summed E-state index contributed by atoms with van der Waals surface area (Å²) in [6.45, 7) is 2.98. The monoisotopic (exact) mass is 298 g/mol. The fourth-order valence-electron chi connectivity index (χ4n) is 2.33. The van der Waals surface area contributed by atoms with Crippen molar-refractivity contribution in [1.29, 1.82) is 0 Å². The number of rotatable bonds is 5. The Kier molecular flexibility index (Phi) is 5.15. The van der Waals surface area contributed by atoms with E-state index in [1.807, 2.05) is 37.3 Å². The molecule has 0 spiro atoms. The quantitative estimate of drug-likeness (QED) is 0.864. The highest BCUT2D eigenvalue weighted by Crippen LogP contribution is 2.17. The maximum Gasteiger partial charge on any atom is 0.214 e. The number of nitrogens with zero attached hydrogens (tertiary/aromatic N) is 1. The van der Waals surface area contributed by atoms with Crippen LogP contribution < -0.4 is 5.73 Å². The number of nitrogens with two attached hydrogens (primary N) is 1. The minimum Gasteiger partial charge on any atom is -0.374 e. The van der Waals surface area contributed by atoms with Crippen LogP contribution in [0.15, 0.2) is 30.3 Å². The molecule has 0 amide bonds. The van der Waals surface area contributed by atoms with E-state index in [1.165, 1.54) is 4.31 Å². The zero-order valence-corrected chi connectivity index (χ0v) is 12.6. The largest absolute Gasteiger partial charge is 0.374 e. The average molecular weight is 298 g/mol. The number of benzene rings is 1. The van der Waals surface area contributed by atoms with Gasteiger partial charge in [-0.05, 0) is 18.9 Å². The summed E-state index contributed by atoms with van der Waals surface area (Å²) in [5.41, 5.74) is 6.61. The highest BCUT2D eigenvalue weighted by molar-refractivity contribution is 7.89. The predicted octanol–water partition coefficient (Wildman–Crippen LogP) is 0.607. The Labute approximate surface area is 120 Å². The van der Waals surface area contributed by atoms with Crippen LogP contribution in [0.4, 0.5) is 0 Å². The summed E-state index contributed by atoms with van der Waals surface area (Å²) in [5.74, 6) is 0.124. The fraction of sp³-hybridized carbons (Fsp3) is 0.571. The molecule has 2 unspecified atom stereocenters. The van der Waals surface area contributed by atoms with E-state index in [4.69, 9.17) is 10.5 Å². The van der Waals surface area contributed by atoms with E-state index in [0.29, 0.717) is 26.1 Å². The Bertz CT molecular complexity index is 518. The van der Waals surface area contributed by atoms with E-state index in [9.17, 15) is 8.42 Å². The van der Waals surface area contributed by atoms with E-state index in [1.54, 1.807) is 0 Å². The first-order chi connectivity index (χ1) is 9.53. The number of morpholine rings is 1.